The van der Waals surface area contributed by atoms with E-state index in [1.54, 1.807) is 9.25 Å². The molecule has 0 aliphatic rings. The number of nitrogens with zero attached hydrogens (tertiary/aromatic N) is 4. The molecule has 0 atom stereocenters. The van der Waals surface area contributed by atoms with Crippen molar-refractivity contribution in [2.24, 2.45) is 0 Å². The van der Waals surface area contributed by atoms with Gasteiger partial charge in [0.1, 0.15) is 11.6 Å². The number of hydrogen-bond donors (Lipinski definition) is 0. The van der Waals surface area contributed by atoms with Gasteiger partial charge in [0, 0.05) is 24.2 Å². The average molecular weight is 451 g/mol. The van der Waals surface area contributed by atoms with Gasteiger partial charge in [-0.15, -0.1) is 5.10 Å². The first-order valence-electron chi connectivity index (χ1n) is 10.4. The fourth-order valence-electron chi connectivity index (χ4n) is 3.54. The first kappa shape index (κ1) is 22.0. The van der Waals surface area contributed by atoms with Crippen LogP contribution in [0, 0.1) is 16.4 Å². The summed E-state index contributed by atoms with van der Waals surface area (Å²) >= 11 is 5.73. The van der Waals surface area contributed by atoms with Crippen molar-refractivity contribution in [3.8, 4) is 17.1 Å². The third-order valence-electron chi connectivity index (χ3n) is 5.30. The number of hydrogen-bond acceptors (Lipinski definition) is 3. The molecular formula is C25H24F2N4S. The summed E-state index contributed by atoms with van der Waals surface area (Å²) in [5.74, 6) is -0.826. The van der Waals surface area contributed by atoms with Gasteiger partial charge in [-0.05, 0) is 43.8 Å². The Balaban J connectivity index is 1.79. The summed E-state index contributed by atoms with van der Waals surface area (Å²) in [6.45, 7) is 5.38. The lowest BCUT2D eigenvalue weighted by molar-refractivity contribution is 0.153. The van der Waals surface area contributed by atoms with Crippen LogP contribution in [0.15, 0.2) is 78.9 Å². The van der Waals surface area contributed by atoms with Crippen LogP contribution in [0.4, 0.5) is 8.78 Å². The molecule has 0 fully saturated rings. The molecule has 0 amide bonds. The molecule has 0 bridgehead atoms. The Kier molecular flexibility index (Phi) is 6.58. The van der Waals surface area contributed by atoms with Gasteiger partial charge in [0.2, 0.25) is 4.77 Å². The van der Waals surface area contributed by atoms with Crippen molar-refractivity contribution in [1.29, 1.82) is 0 Å². The van der Waals surface area contributed by atoms with Crippen molar-refractivity contribution in [2.45, 2.75) is 33.1 Å². The van der Waals surface area contributed by atoms with E-state index in [0.29, 0.717) is 17.3 Å². The second-order valence-electron chi connectivity index (χ2n) is 7.87. The molecule has 0 spiro atoms. The van der Waals surface area contributed by atoms with Crippen molar-refractivity contribution >= 4 is 12.2 Å². The third-order valence-corrected chi connectivity index (χ3v) is 5.69. The lowest BCUT2D eigenvalue weighted by Crippen LogP contribution is -2.33. The van der Waals surface area contributed by atoms with Crippen molar-refractivity contribution in [3.63, 3.8) is 0 Å². The van der Waals surface area contributed by atoms with Crippen LogP contribution >= 0.6 is 12.2 Å². The SMILES string of the molecule is CC(C)N(Cc1ccccc1)Cn1nc(-c2ccccc2)n(-c2ccc(F)cc2F)c1=S. The Hall–Kier alpha value is -3.16. The van der Waals surface area contributed by atoms with Crippen LogP contribution in [-0.4, -0.2) is 25.3 Å². The van der Waals surface area contributed by atoms with Gasteiger partial charge in [-0.1, -0.05) is 60.7 Å². The molecule has 32 heavy (non-hydrogen) atoms. The van der Waals surface area contributed by atoms with Crippen molar-refractivity contribution in [3.05, 3.63) is 101 Å². The van der Waals surface area contributed by atoms with E-state index in [1.807, 2.05) is 48.5 Å². The molecule has 0 aliphatic heterocycles. The molecule has 1 aromatic heterocycles. The molecule has 164 valence electrons. The molecular weight excluding hydrogens is 426 g/mol. The molecule has 4 aromatic rings. The average Bonchev–Trinajstić information content (AvgIpc) is 3.10. The second-order valence-corrected chi connectivity index (χ2v) is 8.24. The zero-order valence-corrected chi connectivity index (χ0v) is 18.8. The highest BCUT2D eigenvalue weighted by Crippen LogP contribution is 2.25. The maximum atomic E-state index is 14.7. The summed E-state index contributed by atoms with van der Waals surface area (Å²) in [5.41, 5.74) is 2.14. The quantitative estimate of drug-likeness (QED) is 0.313. The van der Waals surface area contributed by atoms with Crippen molar-refractivity contribution in [2.75, 3.05) is 0 Å². The Labute approximate surface area is 191 Å². The molecule has 4 nitrogen and oxygen atoms in total. The molecule has 4 rings (SSSR count). The zero-order chi connectivity index (χ0) is 22.7. The van der Waals surface area contributed by atoms with Crippen molar-refractivity contribution < 1.29 is 8.78 Å². The van der Waals surface area contributed by atoms with E-state index >= 15 is 0 Å². The molecule has 0 N–H and O–H groups in total. The van der Waals surface area contributed by atoms with E-state index < -0.39 is 11.6 Å². The Morgan fingerprint density at radius 1 is 0.938 bits per heavy atom. The van der Waals surface area contributed by atoms with E-state index in [-0.39, 0.29) is 11.7 Å². The van der Waals surface area contributed by atoms with Gasteiger partial charge in [-0.2, -0.15) is 0 Å². The minimum absolute atomic E-state index is 0.167. The molecule has 0 aliphatic carbocycles. The third kappa shape index (κ3) is 4.69. The lowest BCUT2D eigenvalue weighted by atomic mass is 10.2. The summed E-state index contributed by atoms with van der Waals surface area (Å²) in [4.78, 5) is 2.23. The highest BCUT2D eigenvalue weighted by atomic mass is 32.1. The van der Waals surface area contributed by atoms with Gasteiger partial charge in [-0.3, -0.25) is 9.47 Å². The first-order chi connectivity index (χ1) is 15.4. The molecule has 0 unspecified atom stereocenters. The fourth-order valence-corrected chi connectivity index (χ4v) is 3.82. The summed E-state index contributed by atoms with van der Waals surface area (Å²) in [7, 11) is 0. The fraction of sp³-hybridized carbons (Fsp3) is 0.200. The van der Waals surface area contributed by atoms with E-state index in [9.17, 15) is 8.78 Å². The Morgan fingerprint density at radius 2 is 1.59 bits per heavy atom. The van der Waals surface area contributed by atoms with Gasteiger partial charge in [-0.25, -0.2) is 13.5 Å². The van der Waals surface area contributed by atoms with Crippen LogP contribution < -0.4 is 0 Å². The summed E-state index contributed by atoms with van der Waals surface area (Å²) < 4.78 is 31.9. The van der Waals surface area contributed by atoms with E-state index in [4.69, 9.17) is 17.3 Å². The monoisotopic (exact) mass is 450 g/mol. The molecule has 0 radical (unpaired) electrons. The predicted octanol–water partition coefficient (Wildman–Crippen LogP) is 6.22. The zero-order valence-electron chi connectivity index (χ0n) is 18.0. The van der Waals surface area contributed by atoms with Gasteiger partial charge in [0.15, 0.2) is 5.82 Å². The predicted molar refractivity (Wildman–Crippen MR) is 125 cm³/mol. The Bertz CT molecular complexity index is 1250. The van der Waals surface area contributed by atoms with Crippen LogP contribution in [0.1, 0.15) is 19.4 Å². The molecule has 1 heterocycles. The molecule has 7 heteroatoms. The van der Waals surface area contributed by atoms with E-state index in [1.165, 1.54) is 17.7 Å². The minimum Gasteiger partial charge on any atom is -0.278 e. The van der Waals surface area contributed by atoms with E-state index in [0.717, 1.165) is 18.2 Å². The standard InChI is InChI=1S/C25H24F2N4S/c1-18(2)29(16-19-9-5-3-6-10-19)17-30-25(32)31(23-14-13-21(26)15-22(23)27)24(28-30)20-11-7-4-8-12-20/h3-15,18H,16-17H2,1-2H3. The summed E-state index contributed by atoms with van der Waals surface area (Å²) in [6.07, 6.45) is 0. The van der Waals surface area contributed by atoms with Crippen LogP contribution in [-0.2, 0) is 13.2 Å². The molecule has 0 saturated heterocycles. The first-order valence-corrected chi connectivity index (χ1v) is 10.8. The van der Waals surface area contributed by atoms with Gasteiger partial charge in [0.25, 0.3) is 0 Å². The van der Waals surface area contributed by atoms with Crippen LogP contribution in [0.25, 0.3) is 17.1 Å². The highest BCUT2D eigenvalue weighted by Gasteiger charge is 2.20. The maximum Gasteiger partial charge on any atom is 0.204 e. The topological polar surface area (TPSA) is 26.0 Å². The molecule has 0 saturated carbocycles. The smallest absolute Gasteiger partial charge is 0.204 e. The van der Waals surface area contributed by atoms with Crippen LogP contribution in [0.2, 0.25) is 0 Å². The highest BCUT2D eigenvalue weighted by molar-refractivity contribution is 7.71. The lowest BCUT2D eigenvalue weighted by Gasteiger charge is -2.26. The molecule has 3 aromatic carbocycles. The number of benzene rings is 3. The van der Waals surface area contributed by atoms with Crippen LogP contribution in [0.5, 0.6) is 0 Å². The van der Waals surface area contributed by atoms with Gasteiger partial charge >= 0.3 is 0 Å². The number of halogens is 2. The Morgan fingerprint density at radius 3 is 2.22 bits per heavy atom. The maximum absolute atomic E-state index is 14.7. The normalized spacial score (nSPS) is 11.4. The minimum atomic E-state index is -0.692. The van der Waals surface area contributed by atoms with E-state index in [2.05, 4.69) is 30.9 Å². The number of aromatic nitrogens is 3. The summed E-state index contributed by atoms with van der Waals surface area (Å²) in [5, 5.41) is 4.76. The number of rotatable bonds is 7. The van der Waals surface area contributed by atoms with Gasteiger partial charge in [0.05, 0.1) is 12.4 Å². The van der Waals surface area contributed by atoms with Crippen LogP contribution in [0.3, 0.4) is 0 Å². The van der Waals surface area contributed by atoms with Gasteiger partial charge < -0.3 is 0 Å². The second kappa shape index (κ2) is 9.54. The largest absolute Gasteiger partial charge is 0.278 e. The van der Waals surface area contributed by atoms with Crippen molar-refractivity contribution in [1.82, 2.24) is 19.2 Å². The summed E-state index contributed by atoms with van der Waals surface area (Å²) in [6, 6.07) is 23.3.